The maximum Gasteiger partial charge on any atom is 0.166 e. The van der Waals surface area contributed by atoms with Crippen LogP contribution in [-0.2, 0) is 4.74 Å². The maximum atomic E-state index is 5.79. The third kappa shape index (κ3) is 2.06. The minimum atomic E-state index is 0.268. The summed E-state index contributed by atoms with van der Waals surface area (Å²) >= 11 is 0. The average Bonchev–Trinajstić information content (AvgIpc) is 2.94. The maximum absolute atomic E-state index is 5.79. The lowest BCUT2D eigenvalue weighted by Gasteiger charge is -2.27. The summed E-state index contributed by atoms with van der Waals surface area (Å²) in [5.41, 5.74) is 1.19. The lowest BCUT2D eigenvalue weighted by molar-refractivity contribution is 0.163. The van der Waals surface area contributed by atoms with Crippen molar-refractivity contribution < 1.29 is 14.2 Å². The van der Waals surface area contributed by atoms with Crippen LogP contribution in [-0.4, -0.2) is 33.5 Å². The van der Waals surface area contributed by atoms with Crippen LogP contribution < -0.4 is 14.8 Å². The van der Waals surface area contributed by atoms with E-state index in [1.54, 1.807) is 0 Å². The highest BCUT2D eigenvalue weighted by atomic mass is 16.6. The van der Waals surface area contributed by atoms with Gasteiger partial charge < -0.3 is 19.5 Å². The van der Waals surface area contributed by atoms with E-state index in [1.165, 1.54) is 5.56 Å². The number of rotatable bonds is 3. The fourth-order valence-electron chi connectivity index (χ4n) is 2.80. The Morgan fingerprint density at radius 1 is 1.22 bits per heavy atom. The zero-order chi connectivity index (χ0) is 12.4. The van der Waals surface area contributed by atoms with Gasteiger partial charge in [-0.15, -0.1) is 0 Å². The molecule has 2 unspecified atom stereocenters. The van der Waals surface area contributed by atoms with Crippen LogP contribution in [0.5, 0.6) is 11.5 Å². The highest BCUT2D eigenvalue weighted by Crippen LogP contribution is 2.40. The molecule has 0 amide bonds. The first-order valence-corrected chi connectivity index (χ1v) is 6.53. The van der Waals surface area contributed by atoms with Crippen molar-refractivity contribution in [2.45, 2.75) is 12.5 Å². The standard InChI is InChI=1S/C14H19NO3/c1-15-13(10-5-6-16-9-10)11-3-2-4-12-14(11)18-8-7-17-12/h2-4,10,13,15H,5-9H2,1H3. The van der Waals surface area contributed by atoms with Crippen LogP contribution in [0.25, 0.3) is 0 Å². The number of hydrogen-bond acceptors (Lipinski definition) is 4. The van der Waals surface area contributed by atoms with Gasteiger partial charge in [-0.2, -0.15) is 0 Å². The van der Waals surface area contributed by atoms with E-state index in [0.29, 0.717) is 19.1 Å². The van der Waals surface area contributed by atoms with Gasteiger partial charge in [0.1, 0.15) is 13.2 Å². The van der Waals surface area contributed by atoms with Crippen molar-refractivity contribution in [3.8, 4) is 11.5 Å². The quantitative estimate of drug-likeness (QED) is 0.886. The topological polar surface area (TPSA) is 39.7 Å². The summed E-state index contributed by atoms with van der Waals surface area (Å²) < 4.78 is 16.9. The van der Waals surface area contributed by atoms with Crippen LogP contribution in [0.2, 0.25) is 0 Å². The molecular formula is C14H19NO3. The molecule has 2 heterocycles. The molecule has 0 aliphatic carbocycles. The molecule has 2 aliphatic heterocycles. The fourth-order valence-corrected chi connectivity index (χ4v) is 2.80. The highest BCUT2D eigenvalue weighted by Gasteiger charge is 2.29. The Morgan fingerprint density at radius 3 is 2.89 bits per heavy atom. The van der Waals surface area contributed by atoms with E-state index in [-0.39, 0.29) is 6.04 Å². The first-order chi connectivity index (χ1) is 8.90. The molecule has 0 bridgehead atoms. The normalized spacial score (nSPS) is 23.9. The lowest BCUT2D eigenvalue weighted by Crippen LogP contribution is -2.27. The van der Waals surface area contributed by atoms with Crippen LogP contribution in [0.1, 0.15) is 18.0 Å². The van der Waals surface area contributed by atoms with Crippen molar-refractivity contribution in [1.29, 1.82) is 0 Å². The molecule has 1 aromatic carbocycles. The molecule has 2 aliphatic rings. The molecule has 0 radical (unpaired) electrons. The predicted molar refractivity (Wildman–Crippen MR) is 68.2 cm³/mol. The Morgan fingerprint density at radius 2 is 2.11 bits per heavy atom. The summed E-state index contributed by atoms with van der Waals surface area (Å²) in [5.74, 6) is 2.26. The van der Waals surface area contributed by atoms with Gasteiger partial charge in [-0.3, -0.25) is 0 Å². The molecule has 18 heavy (non-hydrogen) atoms. The van der Waals surface area contributed by atoms with Crippen molar-refractivity contribution >= 4 is 0 Å². The summed E-state index contributed by atoms with van der Waals surface area (Å²) in [4.78, 5) is 0. The van der Waals surface area contributed by atoms with E-state index in [4.69, 9.17) is 14.2 Å². The number of nitrogens with one attached hydrogen (secondary N) is 1. The molecule has 3 rings (SSSR count). The number of hydrogen-bond donors (Lipinski definition) is 1. The van der Waals surface area contributed by atoms with Crippen molar-refractivity contribution in [3.63, 3.8) is 0 Å². The van der Waals surface area contributed by atoms with Crippen LogP contribution >= 0.6 is 0 Å². The molecule has 1 aromatic rings. The second kappa shape index (κ2) is 5.16. The van der Waals surface area contributed by atoms with Gasteiger partial charge in [0.05, 0.1) is 6.61 Å². The third-order valence-electron chi connectivity index (χ3n) is 3.68. The number of fused-ring (bicyclic) bond motifs is 1. The molecule has 0 aromatic heterocycles. The Labute approximate surface area is 107 Å². The van der Waals surface area contributed by atoms with E-state index in [9.17, 15) is 0 Å². The number of ether oxygens (including phenoxy) is 3. The Bertz CT molecular complexity index is 416. The first-order valence-electron chi connectivity index (χ1n) is 6.53. The monoisotopic (exact) mass is 249 g/mol. The SMILES string of the molecule is CNC(c1cccc2c1OCCO2)C1CCOC1. The zero-order valence-corrected chi connectivity index (χ0v) is 10.6. The second-order valence-corrected chi connectivity index (χ2v) is 4.76. The van der Waals surface area contributed by atoms with Crippen molar-refractivity contribution in [3.05, 3.63) is 23.8 Å². The van der Waals surface area contributed by atoms with Gasteiger partial charge in [-0.25, -0.2) is 0 Å². The van der Waals surface area contributed by atoms with Crippen molar-refractivity contribution in [2.75, 3.05) is 33.5 Å². The summed E-state index contributed by atoms with van der Waals surface area (Å²) in [7, 11) is 1.99. The van der Waals surface area contributed by atoms with Gasteiger partial charge in [0.2, 0.25) is 0 Å². The first kappa shape index (κ1) is 11.8. The number of para-hydroxylation sites is 1. The Balaban J connectivity index is 1.93. The average molecular weight is 249 g/mol. The fraction of sp³-hybridized carbons (Fsp3) is 0.571. The Kier molecular flexibility index (Phi) is 3.39. The van der Waals surface area contributed by atoms with Crippen molar-refractivity contribution in [2.24, 2.45) is 5.92 Å². The second-order valence-electron chi connectivity index (χ2n) is 4.76. The van der Waals surface area contributed by atoms with Crippen LogP contribution in [0.4, 0.5) is 0 Å². The predicted octanol–water partition coefficient (Wildman–Crippen LogP) is 1.75. The summed E-state index contributed by atoms with van der Waals surface area (Å²) in [6, 6.07) is 6.38. The van der Waals surface area contributed by atoms with Crippen LogP contribution in [0.15, 0.2) is 18.2 Å². The molecule has 4 nitrogen and oxygen atoms in total. The van der Waals surface area contributed by atoms with Gasteiger partial charge in [-0.1, -0.05) is 12.1 Å². The molecule has 0 saturated carbocycles. The lowest BCUT2D eigenvalue weighted by atomic mass is 9.91. The molecule has 0 spiro atoms. The van der Waals surface area contributed by atoms with Crippen molar-refractivity contribution in [1.82, 2.24) is 5.32 Å². The summed E-state index contributed by atoms with van der Waals surface area (Å²) in [5, 5.41) is 3.39. The van der Waals surface area contributed by atoms with Gasteiger partial charge in [-0.05, 0) is 19.5 Å². The largest absolute Gasteiger partial charge is 0.486 e. The van der Waals surface area contributed by atoms with Crippen LogP contribution in [0, 0.1) is 5.92 Å². The van der Waals surface area contributed by atoms with Gasteiger partial charge in [0.15, 0.2) is 11.5 Å². The van der Waals surface area contributed by atoms with E-state index in [1.807, 2.05) is 19.2 Å². The third-order valence-corrected chi connectivity index (χ3v) is 3.68. The zero-order valence-electron chi connectivity index (χ0n) is 10.6. The van der Waals surface area contributed by atoms with E-state index >= 15 is 0 Å². The molecule has 4 heteroatoms. The van der Waals surface area contributed by atoms with Gasteiger partial charge >= 0.3 is 0 Å². The molecular weight excluding hydrogens is 230 g/mol. The summed E-state index contributed by atoms with van der Waals surface area (Å²) in [6.07, 6.45) is 1.09. The molecule has 1 saturated heterocycles. The minimum absolute atomic E-state index is 0.268. The smallest absolute Gasteiger partial charge is 0.166 e. The highest BCUT2D eigenvalue weighted by molar-refractivity contribution is 5.49. The molecule has 1 N–H and O–H groups in total. The van der Waals surface area contributed by atoms with Gasteiger partial charge in [0, 0.05) is 24.1 Å². The molecule has 1 fully saturated rings. The summed E-state index contributed by atoms with van der Waals surface area (Å²) in [6.45, 7) is 2.93. The molecule has 98 valence electrons. The minimum Gasteiger partial charge on any atom is -0.486 e. The van der Waals surface area contributed by atoms with Gasteiger partial charge in [0.25, 0.3) is 0 Å². The number of benzene rings is 1. The van der Waals surface area contributed by atoms with E-state index in [0.717, 1.165) is 31.1 Å². The van der Waals surface area contributed by atoms with Crippen LogP contribution in [0.3, 0.4) is 0 Å². The van der Waals surface area contributed by atoms with E-state index < -0.39 is 0 Å². The Hall–Kier alpha value is -1.26. The van der Waals surface area contributed by atoms with E-state index in [2.05, 4.69) is 11.4 Å². The molecule has 2 atom stereocenters.